The first-order chi connectivity index (χ1) is 15.4. The molecule has 12 nitrogen and oxygen atoms in total. The molecule has 1 aliphatic heterocycles. The number of nitrogens with one attached hydrogen (secondary N) is 2. The summed E-state index contributed by atoms with van der Waals surface area (Å²) in [4.78, 5) is 20.4. The zero-order valence-electron chi connectivity index (χ0n) is 17.3. The van der Waals surface area contributed by atoms with Gasteiger partial charge < -0.3 is 31.0 Å². The molecule has 1 atom stereocenters. The largest absolute Gasteiger partial charge is 0.493 e. The fraction of sp³-hybridized carbons (Fsp3) is 0.250. The van der Waals surface area contributed by atoms with E-state index in [-0.39, 0.29) is 47.8 Å². The third-order valence-electron chi connectivity index (χ3n) is 4.51. The number of hydrogen-bond donors (Lipinski definition) is 4. The summed E-state index contributed by atoms with van der Waals surface area (Å²) in [5.74, 6) is 0.431. The second kappa shape index (κ2) is 9.40. The van der Waals surface area contributed by atoms with E-state index in [0.717, 1.165) is 0 Å². The van der Waals surface area contributed by atoms with Crippen LogP contribution >= 0.6 is 0 Å². The Balaban J connectivity index is 2.10. The molecule has 0 spiro atoms. The molecule has 0 saturated heterocycles. The molecule has 0 fully saturated rings. The van der Waals surface area contributed by atoms with Crippen LogP contribution in [0.1, 0.15) is 29.7 Å². The van der Waals surface area contributed by atoms with Gasteiger partial charge in [0, 0.05) is 5.56 Å². The van der Waals surface area contributed by atoms with E-state index in [2.05, 4.69) is 20.6 Å². The van der Waals surface area contributed by atoms with Crippen LogP contribution < -0.4 is 31.6 Å². The van der Waals surface area contributed by atoms with Gasteiger partial charge in [-0.05, 0) is 24.6 Å². The van der Waals surface area contributed by atoms with Crippen molar-refractivity contribution in [2.24, 2.45) is 4.99 Å². The zero-order valence-corrected chi connectivity index (χ0v) is 17.3. The predicted octanol–water partition coefficient (Wildman–Crippen LogP) is 1.01. The maximum Gasteiger partial charge on any atom is 0.344 e. The van der Waals surface area contributed by atoms with Crippen molar-refractivity contribution in [1.82, 2.24) is 10.3 Å². The molecule has 1 aromatic heterocycles. The molecule has 2 heterocycles. The Labute approximate surface area is 183 Å². The van der Waals surface area contributed by atoms with Crippen LogP contribution in [0.2, 0.25) is 0 Å². The van der Waals surface area contributed by atoms with Gasteiger partial charge in [-0.25, -0.2) is 14.8 Å². The maximum atomic E-state index is 11.7. The topological polar surface area (TPSA) is 194 Å². The quantitative estimate of drug-likeness (QED) is 0.287. The molecule has 0 saturated carbocycles. The van der Waals surface area contributed by atoms with Crippen LogP contribution in [-0.4, -0.2) is 37.2 Å². The summed E-state index contributed by atoms with van der Waals surface area (Å²) < 4.78 is 15.8. The first-order valence-corrected chi connectivity index (χ1v) is 9.38. The third-order valence-corrected chi connectivity index (χ3v) is 4.51. The molecule has 1 unspecified atom stereocenters. The minimum absolute atomic E-state index is 0.0229. The molecule has 32 heavy (non-hydrogen) atoms. The van der Waals surface area contributed by atoms with E-state index in [9.17, 15) is 10.1 Å². The van der Waals surface area contributed by atoms with E-state index in [1.54, 1.807) is 31.3 Å². The second-order valence-corrected chi connectivity index (χ2v) is 6.41. The van der Waals surface area contributed by atoms with Crippen LogP contribution in [-0.2, 0) is 9.53 Å². The molecule has 6 N–H and O–H groups in total. The highest BCUT2D eigenvalue weighted by Gasteiger charge is 2.30. The number of nitrogens with zero attached hydrogens (tertiary/aromatic N) is 4. The molecule has 1 aromatic carbocycles. The number of aromatic nitrogens is 1. The van der Waals surface area contributed by atoms with Crippen molar-refractivity contribution >= 4 is 29.3 Å². The Morgan fingerprint density at radius 1 is 1.31 bits per heavy atom. The fourth-order valence-corrected chi connectivity index (χ4v) is 3.14. The van der Waals surface area contributed by atoms with Crippen LogP contribution in [0, 0.1) is 22.8 Å². The van der Waals surface area contributed by atoms with Crippen LogP contribution in [0.5, 0.6) is 11.5 Å². The van der Waals surface area contributed by atoms with Crippen LogP contribution in [0.3, 0.4) is 0 Å². The SMILES string of the molecule is CCOC(=O)COc1cc(C2N=C(NC#N)Nc3nc(N)c(C#N)c(N)c32)ccc1OC. The summed E-state index contributed by atoms with van der Waals surface area (Å²) in [6.07, 6.45) is 1.78. The van der Waals surface area contributed by atoms with Crippen LogP contribution in [0.25, 0.3) is 0 Å². The van der Waals surface area contributed by atoms with Gasteiger partial charge in [0.05, 0.1) is 19.4 Å². The Morgan fingerprint density at radius 3 is 2.75 bits per heavy atom. The van der Waals surface area contributed by atoms with E-state index in [0.29, 0.717) is 16.9 Å². The van der Waals surface area contributed by atoms with Crippen molar-refractivity contribution in [2.45, 2.75) is 13.0 Å². The van der Waals surface area contributed by atoms with Gasteiger partial charge in [0.15, 0.2) is 24.3 Å². The lowest BCUT2D eigenvalue weighted by molar-refractivity contribution is -0.145. The number of carbonyl (C=O) groups is 1. The van der Waals surface area contributed by atoms with Crippen LogP contribution in [0.15, 0.2) is 23.2 Å². The fourth-order valence-electron chi connectivity index (χ4n) is 3.14. The Kier molecular flexibility index (Phi) is 6.46. The number of nitrogen functional groups attached to an aromatic ring is 2. The average molecular weight is 436 g/mol. The highest BCUT2D eigenvalue weighted by atomic mass is 16.6. The Hall–Kier alpha value is -4.71. The third kappa shape index (κ3) is 4.24. The molecule has 0 bridgehead atoms. The monoisotopic (exact) mass is 436 g/mol. The number of benzene rings is 1. The molecule has 3 rings (SSSR count). The van der Waals surface area contributed by atoms with Gasteiger partial charge in [0.25, 0.3) is 0 Å². The first-order valence-electron chi connectivity index (χ1n) is 9.38. The molecular weight excluding hydrogens is 416 g/mol. The van der Waals surface area contributed by atoms with Crippen molar-refractivity contribution in [1.29, 1.82) is 10.5 Å². The van der Waals surface area contributed by atoms with Crippen molar-refractivity contribution in [3.8, 4) is 23.8 Å². The highest BCUT2D eigenvalue weighted by Crippen LogP contribution is 2.42. The first kappa shape index (κ1) is 22.0. The van der Waals surface area contributed by atoms with Crippen molar-refractivity contribution in [2.75, 3.05) is 37.1 Å². The maximum absolute atomic E-state index is 11.7. The molecule has 0 amide bonds. The predicted molar refractivity (Wildman–Crippen MR) is 115 cm³/mol. The van der Waals surface area contributed by atoms with Gasteiger partial charge in [0.2, 0.25) is 5.96 Å². The highest BCUT2D eigenvalue weighted by molar-refractivity contribution is 5.98. The van der Waals surface area contributed by atoms with Crippen LogP contribution in [0.4, 0.5) is 17.3 Å². The molecule has 164 valence electrons. The Morgan fingerprint density at radius 2 is 2.09 bits per heavy atom. The number of anilines is 3. The minimum atomic E-state index is -0.766. The lowest BCUT2D eigenvalue weighted by atomic mass is 9.95. The van der Waals surface area contributed by atoms with Gasteiger partial charge in [-0.2, -0.15) is 10.5 Å². The molecule has 1 aliphatic rings. The van der Waals surface area contributed by atoms with E-state index in [4.69, 9.17) is 30.9 Å². The average Bonchev–Trinajstić information content (AvgIpc) is 2.77. The number of nitrogens with two attached hydrogens (primary N) is 2. The summed E-state index contributed by atoms with van der Waals surface area (Å²) >= 11 is 0. The molecule has 0 aliphatic carbocycles. The number of methoxy groups -OCH3 is 1. The smallest absolute Gasteiger partial charge is 0.344 e. The number of carbonyl (C=O) groups excluding carboxylic acids is 1. The van der Waals surface area contributed by atoms with Crippen molar-refractivity contribution in [3.05, 3.63) is 34.9 Å². The summed E-state index contributed by atoms with van der Waals surface area (Å²) in [7, 11) is 1.46. The van der Waals surface area contributed by atoms with E-state index in [1.807, 2.05) is 6.07 Å². The van der Waals surface area contributed by atoms with Crippen molar-refractivity contribution < 1.29 is 19.0 Å². The summed E-state index contributed by atoms with van der Waals surface area (Å²) in [5, 5.41) is 23.7. The van der Waals surface area contributed by atoms with Gasteiger partial charge in [-0.15, -0.1) is 0 Å². The van der Waals surface area contributed by atoms with Gasteiger partial charge in [-0.3, -0.25) is 5.32 Å². The standard InChI is InChI=1S/C20H20N8O4/c1-3-31-14(29)8-32-13-6-10(4-5-12(13)30-2)17-15-16(23)11(7-21)18(24)27-19(15)28-20(26-17)25-9-22/h4-6,17H,3,8H2,1-2H3,(H6,23,24,25,26,27,28). The number of hydrogen-bond acceptors (Lipinski definition) is 12. The molecule has 2 aromatic rings. The number of ether oxygens (including phenoxy) is 3. The number of guanidine groups is 1. The normalized spacial score (nSPS) is 14.0. The number of nitriles is 2. The number of pyridine rings is 1. The lowest BCUT2D eigenvalue weighted by Crippen LogP contribution is -2.32. The number of rotatable bonds is 6. The summed E-state index contributed by atoms with van der Waals surface area (Å²) in [6, 6.07) is 6.15. The molecule has 0 radical (unpaired) electrons. The van der Waals surface area contributed by atoms with E-state index in [1.165, 1.54) is 7.11 Å². The second-order valence-electron chi connectivity index (χ2n) is 6.41. The Bertz CT molecular complexity index is 1170. The van der Waals surface area contributed by atoms with Crippen molar-refractivity contribution in [3.63, 3.8) is 0 Å². The summed E-state index contributed by atoms with van der Waals surface area (Å²) in [5.41, 5.74) is 13.2. The molecule has 12 heteroatoms. The number of esters is 1. The van der Waals surface area contributed by atoms with Gasteiger partial charge in [0.1, 0.15) is 29.3 Å². The number of aliphatic imine (C=N–C) groups is 1. The summed E-state index contributed by atoms with van der Waals surface area (Å²) in [6.45, 7) is 1.60. The number of fused-ring (bicyclic) bond motifs is 1. The minimum Gasteiger partial charge on any atom is -0.493 e. The van der Waals surface area contributed by atoms with E-state index >= 15 is 0 Å². The van der Waals surface area contributed by atoms with Gasteiger partial charge in [-0.1, -0.05) is 6.07 Å². The van der Waals surface area contributed by atoms with E-state index < -0.39 is 12.0 Å². The van der Waals surface area contributed by atoms with Gasteiger partial charge >= 0.3 is 5.97 Å². The molecular formula is C20H20N8O4. The zero-order chi connectivity index (χ0) is 23.3. The lowest BCUT2D eigenvalue weighted by Gasteiger charge is -2.26.